The molecule has 2 rings (SSSR count). The number of hydrogen-bond donors (Lipinski definition) is 2. The Labute approximate surface area is 187 Å². The van der Waals surface area contributed by atoms with Crippen LogP contribution in [0, 0.1) is 0 Å². The third kappa shape index (κ3) is 9.07. The van der Waals surface area contributed by atoms with Gasteiger partial charge in [0.2, 0.25) is 0 Å². The van der Waals surface area contributed by atoms with E-state index in [1.807, 2.05) is 7.05 Å². The molecular formula is C21H37IN4O2. The van der Waals surface area contributed by atoms with Crippen LogP contribution in [0.2, 0.25) is 0 Å². The summed E-state index contributed by atoms with van der Waals surface area (Å²) in [7, 11) is 1.81. The largest absolute Gasteiger partial charge is 0.379 e. The van der Waals surface area contributed by atoms with Gasteiger partial charge in [-0.05, 0) is 37.1 Å². The lowest BCUT2D eigenvalue weighted by Crippen LogP contribution is -2.38. The fraction of sp³-hybridized carbons (Fsp3) is 0.667. The van der Waals surface area contributed by atoms with Gasteiger partial charge in [-0.3, -0.25) is 9.89 Å². The number of hydrogen-bond acceptors (Lipinski definition) is 4. The van der Waals surface area contributed by atoms with E-state index in [9.17, 15) is 0 Å². The van der Waals surface area contributed by atoms with Crippen molar-refractivity contribution in [3.05, 3.63) is 35.4 Å². The second-order valence-electron chi connectivity index (χ2n) is 6.79. The van der Waals surface area contributed by atoms with Crippen LogP contribution >= 0.6 is 24.0 Å². The van der Waals surface area contributed by atoms with Crippen LogP contribution in [0.3, 0.4) is 0 Å². The first-order valence-corrected chi connectivity index (χ1v) is 10.2. The second kappa shape index (κ2) is 15.0. The van der Waals surface area contributed by atoms with Crippen LogP contribution in [-0.4, -0.2) is 63.5 Å². The first-order valence-electron chi connectivity index (χ1n) is 10.2. The minimum absolute atomic E-state index is 0. The average molecular weight is 504 g/mol. The lowest BCUT2D eigenvalue weighted by molar-refractivity contribution is 0.0420. The Kier molecular flexibility index (Phi) is 13.5. The molecule has 2 N–H and O–H groups in total. The molecule has 1 heterocycles. The van der Waals surface area contributed by atoms with Crippen LogP contribution in [-0.2, 0) is 22.6 Å². The van der Waals surface area contributed by atoms with Gasteiger partial charge >= 0.3 is 0 Å². The summed E-state index contributed by atoms with van der Waals surface area (Å²) in [6.45, 7) is 11.5. The van der Waals surface area contributed by atoms with E-state index < -0.39 is 0 Å². The molecule has 0 spiro atoms. The Bertz CT molecular complexity index is 561. The molecule has 1 saturated heterocycles. The standard InChI is InChI=1S/C21H36N4O2.HI/c1-4-25(5-2)16-19-10-7-6-9-18(19)15-24-21(22-3)23-12-8-13-27-20-11-14-26-17-20;/h6-7,9-10,20H,4-5,8,11-17H2,1-3H3,(H2,22,23,24);1H. The van der Waals surface area contributed by atoms with Crippen molar-refractivity contribution in [1.82, 2.24) is 15.5 Å². The van der Waals surface area contributed by atoms with Gasteiger partial charge in [0.25, 0.3) is 0 Å². The molecule has 28 heavy (non-hydrogen) atoms. The van der Waals surface area contributed by atoms with Gasteiger partial charge in [-0.1, -0.05) is 38.1 Å². The number of nitrogens with one attached hydrogen (secondary N) is 2. The third-order valence-corrected chi connectivity index (χ3v) is 4.93. The Hall–Kier alpha value is -0.900. The molecule has 0 radical (unpaired) electrons. The van der Waals surface area contributed by atoms with Gasteiger partial charge in [0.05, 0.1) is 12.7 Å². The first kappa shape index (κ1) is 25.1. The Morgan fingerprint density at radius 3 is 2.61 bits per heavy atom. The van der Waals surface area contributed by atoms with Crippen LogP contribution in [0.25, 0.3) is 0 Å². The van der Waals surface area contributed by atoms with Crippen molar-refractivity contribution < 1.29 is 9.47 Å². The summed E-state index contributed by atoms with van der Waals surface area (Å²) in [6, 6.07) is 8.63. The predicted octanol–water partition coefficient (Wildman–Crippen LogP) is 3.01. The highest BCUT2D eigenvalue weighted by Crippen LogP contribution is 2.12. The normalized spacial score (nSPS) is 16.9. The molecular weight excluding hydrogens is 467 g/mol. The van der Waals surface area contributed by atoms with E-state index in [1.54, 1.807) is 0 Å². The van der Waals surface area contributed by atoms with Crippen molar-refractivity contribution in [3.63, 3.8) is 0 Å². The number of halogens is 1. The van der Waals surface area contributed by atoms with E-state index >= 15 is 0 Å². The number of nitrogens with zero attached hydrogens (tertiary/aromatic N) is 2. The second-order valence-corrected chi connectivity index (χ2v) is 6.79. The van der Waals surface area contributed by atoms with E-state index in [-0.39, 0.29) is 30.1 Å². The van der Waals surface area contributed by atoms with Crippen molar-refractivity contribution in [2.24, 2.45) is 4.99 Å². The van der Waals surface area contributed by atoms with Gasteiger partial charge in [0.15, 0.2) is 5.96 Å². The van der Waals surface area contributed by atoms with Crippen LogP contribution < -0.4 is 10.6 Å². The fourth-order valence-electron chi connectivity index (χ4n) is 3.15. The topological polar surface area (TPSA) is 58.1 Å². The number of rotatable bonds is 11. The predicted molar refractivity (Wildman–Crippen MR) is 126 cm³/mol. The quantitative estimate of drug-likeness (QED) is 0.210. The van der Waals surface area contributed by atoms with Crippen molar-refractivity contribution in [3.8, 4) is 0 Å². The van der Waals surface area contributed by atoms with E-state index in [0.717, 1.165) is 71.3 Å². The monoisotopic (exact) mass is 504 g/mol. The van der Waals surface area contributed by atoms with Crippen LogP contribution in [0.4, 0.5) is 0 Å². The van der Waals surface area contributed by atoms with E-state index in [0.29, 0.717) is 0 Å². The van der Waals surface area contributed by atoms with Crippen molar-refractivity contribution in [2.75, 3.05) is 46.5 Å². The maximum atomic E-state index is 5.79. The molecule has 160 valence electrons. The van der Waals surface area contributed by atoms with Crippen molar-refractivity contribution >= 4 is 29.9 Å². The number of guanidine groups is 1. The fourth-order valence-corrected chi connectivity index (χ4v) is 3.15. The molecule has 7 heteroatoms. The summed E-state index contributed by atoms with van der Waals surface area (Å²) in [4.78, 5) is 6.76. The molecule has 0 saturated carbocycles. The summed E-state index contributed by atoms with van der Waals surface area (Å²) >= 11 is 0. The van der Waals surface area contributed by atoms with Gasteiger partial charge in [-0.2, -0.15) is 0 Å². The van der Waals surface area contributed by atoms with Gasteiger partial charge in [-0.15, -0.1) is 24.0 Å². The van der Waals surface area contributed by atoms with Crippen molar-refractivity contribution in [1.29, 1.82) is 0 Å². The molecule has 1 aromatic rings. The molecule has 1 atom stereocenters. The molecule has 1 aliphatic rings. The summed E-state index contributed by atoms with van der Waals surface area (Å²) in [5, 5.41) is 6.79. The molecule has 0 amide bonds. The summed E-state index contributed by atoms with van der Waals surface area (Å²) in [5.74, 6) is 0.830. The number of benzene rings is 1. The third-order valence-electron chi connectivity index (χ3n) is 4.93. The molecule has 0 bridgehead atoms. The smallest absolute Gasteiger partial charge is 0.191 e. The highest BCUT2D eigenvalue weighted by atomic mass is 127. The van der Waals surface area contributed by atoms with Crippen LogP contribution in [0.1, 0.15) is 37.8 Å². The highest BCUT2D eigenvalue weighted by molar-refractivity contribution is 14.0. The van der Waals surface area contributed by atoms with Crippen molar-refractivity contribution in [2.45, 2.75) is 45.9 Å². The molecule has 1 aromatic carbocycles. The zero-order valence-corrected chi connectivity index (χ0v) is 19.9. The molecule has 0 aliphatic carbocycles. The minimum Gasteiger partial charge on any atom is -0.379 e. The lowest BCUT2D eigenvalue weighted by Gasteiger charge is -2.20. The van der Waals surface area contributed by atoms with Crippen LogP contribution in [0.5, 0.6) is 0 Å². The number of aliphatic imine (C=N–C) groups is 1. The summed E-state index contributed by atoms with van der Waals surface area (Å²) in [5.41, 5.74) is 2.69. The zero-order chi connectivity index (χ0) is 19.3. The summed E-state index contributed by atoms with van der Waals surface area (Å²) in [6.07, 6.45) is 2.25. The highest BCUT2D eigenvalue weighted by Gasteiger charge is 2.15. The van der Waals surface area contributed by atoms with E-state index in [1.165, 1.54) is 11.1 Å². The molecule has 1 fully saturated rings. The molecule has 1 unspecified atom stereocenters. The van der Waals surface area contributed by atoms with E-state index in [4.69, 9.17) is 9.47 Å². The van der Waals surface area contributed by atoms with Crippen LogP contribution in [0.15, 0.2) is 29.3 Å². The number of ether oxygens (including phenoxy) is 2. The van der Waals surface area contributed by atoms with Gasteiger partial charge in [0, 0.05) is 39.9 Å². The average Bonchev–Trinajstić information content (AvgIpc) is 3.22. The van der Waals surface area contributed by atoms with Gasteiger partial charge in [-0.25, -0.2) is 0 Å². The van der Waals surface area contributed by atoms with Gasteiger partial charge < -0.3 is 20.1 Å². The molecule has 6 nitrogen and oxygen atoms in total. The molecule has 1 aliphatic heterocycles. The first-order chi connectivity index (χ1) is 13.3. The maximum Gasteiger partial charge on any atom is 0.191 e. The lowest BCUT2D eigenvalue weighted by atomic mass is 10.1. The Morgan fingerprint density at radius 2 is 1.96 bits per heavy atom. The maximum absolute atomic E-state index is 5.79. The summed E-state index contributed by atoms with van der Waals surface area (Å²) < 4.78 is 11.1. The SMILES string of the molecule is CCN(CC)Cc1ccccc1CNC(=NC)NCCCOC1CCOC1.I. The Morgan fingerprint density at radius 1 is 1.21 bits per heavy atom. The van der Waals surface area contributed by atoms with E-state index in [2.05, 4.69) is 58.6 Å². The molecule has 0 aromatic heterocycles. The minimum atomic E-state index is 0. The van der Waals surface area contributed by atoms with Gasteiger partial charge in [0.1, 0.15) is 0 Å². The Balaban J connectivity index is 0.00000392. The zero-order valence-electron chi connectivity index (χ0n) is 17.6.